The average molecular weight is 262 g/mol. The molecule has 5 heteroatoms. The average Bonchev–Trinajstić information content (AvgIpc) is 2.71. The third-order valence-electron chi connectivity index (χ3n) is 2.89. The van der Waals surface area contributed by atoms with Gasteiger partial charge in [0.05, 0.1) is 6.54 Å². The van der Waals surface area contributed by atoms with Crippen molar-refractivity contribution >= 4 is 0 Å². The highest BCUT2D eigenvalue weighted by molar-refractivity contribution is 5.20. The van der Waals surface area contributed by atoms with Crippen molar-refractivity contribution in [2.45, 2.75) is 33.4 Å². The minimum Gasteiger partial charge on any atom is -0.324 e. The molecule has 4 nitrogen and oxygen atoms in total. The number of benzene rings is 1. The van der Waals surface area contributed by atoms with Gasteiger partial charge in [-0.1, -0.05) is 26.0 Å². The first-order valence-electron chi connectivity index (χ1n) is 6.45. The first-order valence-corrected chi connectivity index (χ1v) is 6.45. The molecule has 1 aromatic heterocycles. The van der Waals surface area contributed by atoms with E-state index in [4.69, 9.17) is 5.73 Å². The Morgan fingerprint density at radius 2 is 2.00 bits per heavy atom. The third kappa shape index (κ3) is 3.38. The maximum absolute atomic E-state index is 13.2. The molecule has 2 rings (SSSR count). The monoisotopic (exact) mass is 262 g/mol. The Balaban J connectivity index is 2.27. The number of hydrogen-bond donors (Lipinski definition) is 1. The SMILES string of the molecule is CC(C)Cn1c(CN)nnc1Cc1cccc(F)c1. The van der Waals surface area contributed by atoms with Crippen LogP contribution >= 0.6 is 0 Å². The van der Waals surface area contributed by atoms with Crippen molar-refractivity contribution in [3.8, 4) is 0 Å². The zero-order valence-electron chi connectivity index (χ0n) is 11.3. The summed E-state index contributed by atoms with van der Waals surface area (Å²) in [5, 5.41) is 8.28. The van der Waals surface area contributed by atoms with Crippen molar-refractivity contribution < 1.29 is 4.39 Å². The Bertz CT molecular complexity index is 548. The molecule has 19 heavy (non-hydrogen) atoms. The molecule has 0 bridgehead atoms. The van der Waals surface area contributed by atoms with Gasteiger partial charge in [-0.15, -0.1) is 10.2 Å². The first kappa shape index (κ1) is 13.7. The molecule has 2 aromatic rings. The van der Waals surface area contributed by atoms with Crippen LogP contribution < -0.4 is 5.73 Å². The molecular weight excluding hydrogens is 243 g/mol. The van der Waals surface area contributed by atoms with Gasteiger partial charge < -0.3 is 10.3 Å². The van der Waals surface area contributed by atoms with Crippen LogP contribution in [0.3, 0.4) is 0 Å². The maximum atomic E-state index is 13.2. The van der Waals surface area contributed by atoms with Crippen molar-refractivity contribution in [1.82, 2.24) is 14.8 Å². The van der Waals surface area contributed by atoms with E-state index in [1.54, 1.807) is 6.07 Å². The fourth-order valence-corrected chi connectivity index (χ4v) is 2.06. The Morgan fingerprint density at radius 1 is 1.26 bits per heavy atom. The van der Waals surface area contributed by atoms with Crippen molar-refractivity contribution in [3.05, 3.63) is 47.3 Å². The van der Waals surface area contributed by atoms with Crippen LogP contribution in [0.4, 0.5) is 4.39 Å². The summed E-state index contributed by atoms with van der Waals surface area (Å²) in [4.78, 5) is 0. The molecule has 0 fully saturated rings. The standard InChI is InChI=1S/C14H19FN4/c1-10(2)9-19-13(17-18-14(19)8-16)7-11-4-3-5-12(15)6-11/h3-6,10H,7-9,16H2,1-2H3. The lowest BCUT2D eigenvalue weighted by molar-refractivity contribution is 0.495. The van der Waals surface area contributed by atoms with Crippen molar-refractivity contribution in [2.24, 2.45) is 11.7 Å². The van der Waals surface area contributed by atoms with Gasteiger partial charge in [-0.25, -0.2) is 4.39 Å². The van der Waals surface area contributed by atoms with E-state index in [1.807, 2.05) is 10.6 Å². The number of nitrogens with two attached hydrogens (primary N) is 1. The van der Waals surface area contributed by atoms with E-state index in [9.17, 15) is 4.39 Å². The van der Waals surface area contributed by atoms with Gasteiger partial charge in [0.1, 0.15) is 17.5 Å². The lowest BCUT2D eigenvalue weighted by atomic mass is 10.1. The van der Waals surface area contributed by atoms with Crippen LogP contribution in [0.25, 0.3) is 0 Å². The van der Waals surface area contributed by atoms with E-state index >= 15 is 0 Å². The fraction of sp³-hybridized carbons (Fsp3) is 0.429. The van der Waals surface area contributed by atoms with Gasteiger partial charge >= 0.3 is 0 Å². The van der Waals surface area contributed by atoms with Crippen LogP contribution in [0.15, 0.2) is 24.3 Å². The van der Waals surface area contributed by atoms with E-state index in [-0.39, 0.29) is 5.82 Å². The Kier molecular flexibility index (Phi) is 4.27. The maximum Gasteiger partial charge on any atom is 0.146 e. The van der Waals surface area contributed by atoms with Gasteiger partial charge in [0.2, 0.25) is 0 Å². The van der Waals surface area contributed by atoms with E-state index in [0.29, 0.717) is 18.9 Å². The summed E-state index contributed by atoms with van der Waals surface area (Å²) in [7, 11) is 0. The molecule has 2 N–H and O–H groups in total. The van der Waals surface area contributed by atoms with Gasteiger partial charge in [-0.2, -0.15) is 0 Å². The molecule has 0 atom stereocenters. The van der Waals surface area contributed by atoms with Crippen molar-refractivity contribution in [2.75, 3.05) is 0 Å². The van der Waals surface area contributed by atoms with Gasteiger partial charge in [-0.05, 0) is 23.6 Å². The van der Waals surface area contributed by atoms with Crippen LogP contribution in [0.5, 0.6) is 0 Å². The Morgan fingerprint density at radius 3 is 2.63 bits per heavy atom. The predicted octanol–water partition coefficient (Wildman–Crippen LogP) is 2.12. The van der Waals surface area contributed by atoms with Crippen molar-refractivity contribution in [1.29, 1.82) is 0 Å². The van der Waals surface area contributed by atoms with Crippen LogP contribution in [-0.4, -0.2) is 14.8 Å². The number of rotatable bonds is 5. The van der Waals surface area contributed by atoms with Crippen LogP contribution in [0.2, 0.25) is 0 Å². The van der Waals surface area contributed by atoms with Crippen LogP contribution in [-0.2, 0) is 19.5 Å². The number of hydrogen-bond acceptors (Lipinski definition) is 3. The topological polar surface area (TPSA) is 56.7 Å². The van der Waals surface area contributed by atoms with Gasteiger partial charge in [0.15, 0.2) is 0 Å². The van der Waals surface area contributed by atoms with Gasteiger partial charge in [-0.3, -0.25) is 0 Å². The summed E-state index contributed by atoms with van der Waals surface area (Å²) in [6, 6.07) is 6.56. The molecule has 0 saturated carbocycles. The summed E-state index contributed by atoms with van der Waals surface area (Å²) >= 11 is 0. The number of halogens is 1. The molecule has 0 aliphatic heterocycles. The minimum absolute atomic E-state index is 0.230. The highest BCUT2D eigenvalue weighted by Crippen LogP contribution is 2.13. The molecule has 0 saturated heterocycles. The first-order chi connectivity index (χ1) is 9.10. The van der Waals surface area contributed by atoms with Gasteiger partial charge in [0.25, 0.3) is 0 Å². The smallest absolute Gasteiger partial charge is 0.146 e. The summed E-state index contributed by atoms with van der Waals surface area (Å²) in [6.45, 7) is 5.45. The largest absolute Gasteiger partial charge is 0.324 e. The Labute approximate surface area is 112 Å². The highest BCUT2D eigenvalue weighted by atomic mass is 19.1. The third-order valence-corrected chi connectivity index (χ3v) is 2.89. The summed E-state index contributed by atoms with van der Waals surface area (Å²) < 4.78 is 15.2. The summed E-state index contributed by atoms with van der Waals surface area (Å²) in [6.07, 6.45) is 0.567. The van der Waals surface area contributed by atoms with Gasteiger partial charge in [0, 0.05) is 13.0 Å². The molecule has 0 aliphatic carbocycles. The zero-order valence-corrected chi connectivity index (χ0v) is 11.3. The summed E-state index contributed by atoms with van der Waals surface area (Å²) in [5.74, 6) is 1.86. The second-order valence-corrected chi connectivity index (χ2v) is 5.05. The summed E-state index contributed by atoms with van der Waals surface area (Å²) in [5.41, 5.74) is 6.56. The number of nitrogens with zero attached hydrogens (tertiary/aromatic N) is 3. The van der Waals surface area contributed by atoms with E-state index in [1.165, 1.54) is 12.1 Å². The fourth-order valence-electron chi connectivity index (χ4n) is 2.06. The molecular formula is C14H19FN4. The molecule has 0 unspecified atom stereocenters. The second-order valence-electron chi connectivity index (χ2n) is 5.05. The quantitative estimate of drug-likeness (QED) is 0.898. The van der Waals surface area contributed by atoms with Crippen molar-refractivity contribution in [3.63, 3.8) is 0 Å². The van der Waals surface area contributed by atoms with E-state index in [2.05, 4.69) is 24.0 Å². The highest BCUT2D eigenvalue weighted by Gasteiger charge is 2.12. The Hall–Kier alpha value is -1.75. The molecule has 0 amide bonds. The van der Waals surface area contributed by atoms with Crippen LogP contribution in [0, 0.1) is 11.7 Å². The van der Waals surface area contributed by atoms with Crippen LogP contribution in [0.1, 0.15) is 31.1 Å². The molecule has 1 heterocycles. The molecule has 0 radical (unpaired) electrons. The normalized spacial score (nSPS) is 11.2. The second kappa shape index (κ2) is 5.93. The van der Waals surface area contributed by atoms with E-state index < -0.39 is 0 Å². The molecule has 0 aliphatic rings. The molecule has 1 aromatic carbocycles. The lowest BCUT2D eigenvalue weighted by Gasteiger charge is -2.12. The molecule has 102 valence electrons. The lowest BCUT2D eigenvalue weighted by Crippen LogP contribution is -2.14. The predicted molar refractivity (Wildman–Crippen MR) is 72.0 cm³/mol. The number of aromatic nitrogens is 3. The minimum atomic E-state index is -0.230. The zero-order chi connectivity index (χ0) is 13.8. The van der Waals surface area contributed by atoms with E-state index in [0.717, 1.165) is 23.8 Å². The molecule has 0 spiro atoms.